The molecule has 1 aromatic heterocycles. The summed E-state index contributed by atoms with van der Waals surface area (Å²) in [4.78, 5) is 17.8. The predicted octanol–water partition coefficient (Wildman–Crippen LogP) is 5.19. The van der Waals surface area contributed by atoms with Gasteiger partial charge in [-0.25, -0.2) is 4.98 Å². The molecule has 1 atom stereocenters. The fraction of sp³-hybridized carbons (Fsp3) is 0.375. The van der Waals surface area contributed by atoms with Crippen molar-refractivity contribution in [3.8, 4) is 17.2 Å². The molecule has 0 bridgehead atoms. The highest BCUT2D eigenvalue weighted by molar-refractivity contribution is 9.10. The molecule has 3 rings (SSSR count). The van der Waals surface area contributed by atoms with E-state index in [1.165, 1.54) is 4.68 Å². The van der Waals surface area contributed by atoms with Crippen LogP contribution in [0, 0.1) is 0 Å². The van der Waals surface area contributed by atoms with Gasteiger partial charge in [0, 0.05) is 16.5 Å². The van der Waals surface area contributed by atoms with E-state index >= 15 is 0 Å². The number of hydrogen-bond acceptors (Lipinski definition) is 6. The molecule has 0 aliphatic heterocycles. The van der Waals surface area contributed by atoms with E-state index in [4.69, 9.17) is 14.2 Å². The van der Waals surface area contributed by atoms with E-state index in [2.05, 4.69) is 26.0 Å². The van der Waals surface area contributed by atoms with Crippen molar-refractivity contribution in [2.24, 2.45) is 5.10 Å². The lowest BCUT2D eigenvalue weighted by molar-refractivity contribution is 0.198. The lowest BCUT2D eigenvalue weighted by Crippen LogP contribution is -2.22. The highest BCUT2D eigenvalue weighted by Gasteiger charge is 2.16. The summed E-state index contributed by atoms with van der Waals surface area (Å²) in [5.74, 6) is 2.22. The molecule has 3 aromatic rings. The minimum absolute atomic E-state index is 0.00972. The van der Waals surface area contributed by atoms with Crippen molar-refractivity contribution in [3.63, 3.8) is 0 Å². The van der Waals surface area contributed by atoms with Gasteiger partial charge in [0.15, 0.2) is 11.5 Å². The maximum Gasteiger partial charge on any atom is 0.282 e. The van der Waals surface area contributed by atoms with Gasteiger partial charge in [0.25, 0.3) is 5.56 Å². The van der Waals surface area contributed by atoms with E-state index in [0.717, 1.165) is 17.3 Å². The second-order valence-corrected chi connectivity index (χ2v) is 8.31. The summed E-state index contributed by atoms with van der Waals surface area (Å²) in [7, 11) is 3.16. The molecule has 0 aliphatic rings. The van der Waals surface area contributed by atoms with Crippen LogP contribution in [-0.4, -0.2) is 36.2 Å². The SMILES string of the molecule is CCCc1nc2ccc(Br)cc2c(=O)n1N=Cc1cc(OC)c(O[C@H](C)CC)c(OC)c1. The van der Waals surface area contributed by atoms with Crippen molar-refractivity contribution >= 4 is 33.0 Å². The molecule has 0 amide bonds. The number of hydrogen-bond donors (Lipinski definition) is 0. The minimum Gasteiger partial charge on any atom is -0.493 e. The van der Waals surface area contributed by atoms with Crippen LogP contribution in [0.2, 0.25) is 0 Å². The lowest BCUT2D eigenvalue weighted by Gasteiger charge is -2.18. The molecule has 0 saturated heterocycles. The quantitative estimate of drug-likeness (QED) is 0.377. The second kappa shape index (κ2) is 10.6. The summed E-state index contributed by atoms with van der Waals surface area (Å²) in [5, 5.41) is 4.98. The van der Waals surface area contributed by atoms with Crippen LogP contribution in [0.4, 0.5) is 0 Å². The molecule has 0 saturated carbocycles. The number of aromatic nitrogens is 2. The van der Waals surface area contributed by atoms with E-state index in [1.807, 2.05) is 32.9 Å². The smallest absolute Gasteiger partial charge is 0.282 e. The van der Waals surface area contributed by atoms with Crippen LogP contribution in [0.3, 0.4) is 0 Å². The molecule has 0 unspecified atom stereocenters. The van der Waals surface area contributed by atoms with Crippen molar-refractivity contribution in [1.29, 1.82) is 0 Å². The van der Waals surface area contributed by atoms with Gasteiger partial charge < -0.3 is 14.2 Å². The standard InChI is InChI=1S/C24H28BrN3O4/c1-6-8-22-27-19-10-9-17(25)13-18(19)24(29)28(22)26-14-16-11-20(30-4)23(21(12-16)31-5)32-15(3)7-2/h9-15H,6-8H2,1-5H3/t15-/m1/s1. The molecule has 8 heteroatoms. The summed E-state index contributed by atoms with van der Waals surface area (Å²) < 4.78 is 19.2. The Kier molecular flexibility index (Phi) is 7.90. The van der Waals surface area contributed by atoms with Gasteiger partial charge in [-0.15, -0.1) is 0 Å². The maximum atomic E-state index is 13.2. The van der Waals surface area contributed by atoms with Crippen molar-refractivity contribution in [3.05, 3.63) is 56.5 Å². The summed E-state index contributed by atoms with van der Waals surface area (Å²) in [5.41, 5.74) is 1.15. The fourth-order valence-electron chi connectivity index (χ4n) is 3.20. The molecule has 0 aliphatic carbocycles. The lowest BCUT2D eigenvalue weighted by atomic mass is 10.2. The van der Waals surface area contributed by atoms with Crippen LogP contribution >= 0.6 is 15.9 Å². The van der Waals surface area contributed by atoms with Crippen LogP contribution in [0.15, 0.2) is 44.7 Å². The topological polar surface area (TPSA) is 74.9 Å². The van der Waals surface area contributed by atoms with Gasteiger partial charge in [0.05, 0.1) is 37.4 Å². The Morgan fingerprint density at radius 2 is 1.84 bits per heavy atom. The van der Waals surface area contributed by atoms with E-state index in [-0.39, 0.29) is 11.7 Å². The predicted molar refractivity (Wildman–Crippen MR) is 131 cm³/mol. The van der Waals surface area contributed by atoms with Gasteiger partial charge in [0.1, 0.15) is 5.82 Å². The third kappa shape index (κ3) is 5.12. The first-order chi connectivity index (χ1) is 15.4. The number of nitrogens with zero attached hydrogens (tertiary/aromatic N) is 3. The Morgan fingerprint density at radius 3 is 2.44 bits per heavy atom. The Balaban J connectivity index is 2.09. The van der Waals surface area contributed by atoms with Gasteiger partial charge in [-0.3, -0.25) is 4.79 Å². The highest BCUT2D eigenvalue weighted by atomic mass is 79.9. The van der Waals surface area contributed by atoms with Crippen LogP contribution in [0.1, 0.15) is 45.0 Å². The van der Waals surface area contributed by atoms with Crippen LogP contribution in [-0.2, 0) is 6.42 Å². The van der Waals surface area contributed by atoms with Crippen molar-refractivity contribution in [1.82, 2.24) is 9.66 Å². The molecule has 170 valence electrons. The zero-order chi connectivity index (χ0) is 23.3. The first-order valence-corrected chi connectivity index (χ1v) is 11.4. The number of halogens is 1. The zero-order valence-corrected chi connectivity index (χ0v) is 20.6. The number of benzene rings is 2. The van der Waals surface area contributed by atoms with Crippen LogP contribution < -0.4 is 19.8 Å². The highest BCUT2D eigenvalue weighted by Crippen LogP contribution is 2.39. The molecule has 1 heterocycles. The number of aryl methyl sites for hydroxylation is 1. The number of ether oxygens (including phenoxy) is 3. The van der Waals surface area contributed by atoms with Crippen LogP contribution in [0.5, 0.6) is 17.2 Å². The largest absolute Gasteiger partial charge is 0.493 e. The van der Waals surface area contributed by atoms with Crippen molar-refractivity contribution < 1.29 is 14.2 Å². The fourth-order valence-corrected chi connectivity index (χ4v) is 3.56. The van der Waals surface area contributed by atoms with Gasteiger partial charge in [-0.1, -0.05) is 29.8 Å². The monoisotopic (exact) mass is 501 g/mol. The van der Waals surface area contributed by atoms with E-state index < -0.39 is 0 Å². The molecule has 0 spiro atoms. The van der Waals surface area contributed by atoms with Gasteiger partial charge >= 0.3 is 0 Å². The third-order valence-corrected chi connectivity index (χ3v) is 5.54. The molecular formula is C24H28BrN3O4. The summed E-state index contributed by atoms with van der Waals surface area (Å²) in [6.07, 6.45) is 3.93. The van der Waals surface area contributed by atoms with Gasteiger partial charge in [-0.05, 0) is 50.1 Å². The number of rotatable bonds is 9. The summed E-state index contributed by atoms with van der Waals surface area (Å²) >= 11 is 3.42. The van der Waals surface area contributed by atoms with Crippen molar-refractivity contribution in [2.75, 3.05) is 14.2 Å². The minimum atomic E-state index is -0.216. The molecule has 0 fully saturated rings. The van der Waals surface area contributed by atoms with Gasteiger partial charge in [0.2, 0.25) is 5.75 Å². The molecule has 32 heavy (non-hydrogen) atoms. The van der Waals surface area contributed by atoms with Crippen LogP contribution in [0.25, 0.3) is 10.9 Å². The summed E-state index contributed by atoms with van der Waals surface area (Å²) in [6, 6.07) is 9.08. The molecule has 0 N–H and O–H groups in total. The molecule has 2 aromatic carbocycles. The first-order valence-electron chi connectivity index (χ1n) is 10.6. The van der Waals surface area contributed by atoms with E-state index in [0.29, 0.717) is 46.0 Å². The van der Waals surface area contributed by atoms with Gasteiger partial charge in [-0.2, -0.15) is 9.78 Å². The Labute approximate surface area is 196 Å². The Morgan fingerprint density at radius 1 is 1.16 bits per heavy atom. The normalized spacial score (nSPS) is 12.3. The number of fused-ring (bicyclic) bond motifs is 1. The van der Waals surface area contributed by atoms with E-state index in [9.17, 15) is 4.79 Å². The number of methoxy groups -OCH3 is 2. The zero-order valence-electron chi connectivity index (χ0n) is 19.0. The second-order valence-electron chi connectivity index (χ2n) is 7.39. The average molecular weight is 502 g/mol. The third-order valence-electron chi connectivity index (χ3n) is 5.05. The molecule has 0 radical (unpaired) electrons. The van der Waals surface area contributed by atoms with E-state index in [1.54, 1.807) is 38.6 Å². The Bertz CT molecular complexity index is 1160. The molecular weight excluding hydrogens is 474 g/mol. The van der Waals surface area contributed by atoms with Crippen molar-refractivity contribution in [2.45, 2.75) is 46.1 Å². The first kappa shape index (κ1) is 23.8. The average Bonchev–Trinajstić information content (AvgIpc) is 2.79. The Hall–Kier alpha value is -2.87. The maximum absolute atomic E-state index is 13.2. The molecule has 7 nitrogen and oxygen atoms in total. The summed E-state index contributed by atoms with van der Waals surface area (Å²) in [6.45, 7) is 6.07.